The first-order valence-electron chi connectivity index (χ1n) is 11.5. The zero-order chi connectivity index (χ0) is 24.2. The predicted octanol–water partition coefficient (Wildman–Crippen LogP) is 4.33. The van der Waals surface area contributed by atoms with Gasteiger partial charge < -0.3 is 10.1 Å². The number of benzene rings is 2. The highest BCUT2D eigenvalue weighted by Crippen LogP contribution is 2.36. The fourth-order valence-corrected chi connectivity index (χ4v) is 5.18. The SMILES string of the molecule is CNC(=O)CCN1CCc2c(ccc(-c3nnc(-c4ccc(OC(C)C)c(C#N)c4)s3)c2C)C1. The molecule has 0 unspecified atom stereocenters. The highest BCUT2D eigenvalue weighted by atomic mass is 32.1. The Hall–Kier alpha value is -3.28. The van der Waals surface area contributed by atoms with Crippen LogP contribution in [0.25, 0.3) is 21.1 Å². The largest absolute Gasteiger partial charge is 0.490 e. The minimum atomic E-state index is 0.000913. The van der Waals surface area contributed by atoms with Crippen LogP contribution >= 0.6 is 11.3 Å². The summed E-state index contributed by atoms with van der Waals surface area (Å²) >= 11 is 1.53. The third-order valence-corrected chi connectivity index (χ3v) is 7.07. The second-order valence-corrected chi connectivity index (χ2v) is 9.70. The van der Waals surface area contributed by atoms with Gasteiger partial charge in [0.25, 0.3) is 0 Å². The van der Waals surface area contributed by atoms with Gasteiger partial charge in [-0.15, -0.1) is 10.2 Å². The van der Waals surface area contributed by atoms with Crippen molar-refractivity contribution < 1.29 is 9.53 Å². The zero-order valence-corrected chi connectivity index (χ0v) is 20.8. The van der Waals surface area contributed by atoms with E-state index in [4.69, 9.17) is 4.74 Å². The van der Waals surface area contributed by atoms with Gasteiger partial charge in [0.1, 0.15) is 21.8 Å². The molecule has 176 valence electrons. The van der Waals surface area contributed by atoms with Gasteiger partial charge in [-0.2, -0.15) is 5.26 Å². The minimum absolute atomic E-state index is 0.000913. The molecule has 34 heavy (non-hydrogen) atoms. The van der Waals surface area contributed by atoms with Crippen molar-refractivity contribution in [2.45, 2.75) is 46.3 Å². The first-order valence-corrected chi connectivity index (χ1v) is 12.3. The Labute approximate surface area is 204 Å². The van der Waals surface area contributed by atoms with Crippen LogP contribution in [-0.4, -0.2) is 47.2 Å². The van der Waals surface area contributed by atoms with Gasteiger partial charge in [0.05, 0.1) is 11.7 Å². The van der Waals surface area contributed by atoms with Crippen LogP contribution in [0, 0.1) is 18.3 Å². The van der Waals surface area contributed by atoms with Gasteiger partial charge in [-0.05, 0) is 62.1 Å². The van der Waals surface area contributed by atoms with Crippen LogP contribution in [0.2, 0.25) is 0 Å². The number of hydrogen-bond acceptors (Lipinski definition) is 7. The van der Waals surface area contributed by atoms with E-state index >= 15 is 0 Å². The molecule has 8 heteroatoms. The molecule has 1 aliphatic rings. The Kier molecular flexibility index (Phi) is 7.25. The summed E-state index contributed by atoms with van der Waals surface area (Å²) in [4.78, 5) is 13.9. The molecule has 0 saturated heterocycles. The molecule has 0 radical (unpaired) electrons. The molecule has 0 saturated carbocycles. The number of amides is 1. The lowest BCUT2D eigenvalue weighted by Crippen LogP contribution is -2.34. The molecule has 7 nitrogen and oxygen atoms in total. The Morgan fingerprint density at radius 2 is 2.06 bits per heavy atom. The summed E-state index contributed by atoms with van der Waals surface area (Å²) in [7, 11) is 1.68. The van der Waals surface area contributed by atoms with Crippen LogP contribution in [-0.2, 0) is 17.8 Å². The van der Waals surface area contributed by atoms with Gasteiger partial charge in [0, 0.05) is 44.2 Å². The number of nitriles is 1. The van der Waals surface area contributed by atoms with E-state index in [0.29, 0.717) is 17.7 Å². The summed E-state index contributed by atoms with van der Waals surface area (Å²) in [6.45, 7) is 8.60. The van der Waals surface area contributed by atoms with Crippen LogP contribution < -0.4 is 10.1 Å². The maximum Gasteiger partial charge on any atom is 0.221 e. The number of fused-ring (bicyclic) bond motifs is 1. The standard InChI is InChI=1S/C26H29N5O2S/c1-16(2)33-23-8-6-18(13-20(23)14-27)25-29-30-26(34-25)22-7-5-19-15-31(12-10-24(32)28-4)11-9-21(19)17(22)3/h5-8,13,16H,9-12,15H2,1-4H3,(H,28,32). The number of hydrogen-bond donors (Lipinski definition) is 1. The average Bonchev–Trinajstić information content (AvgIpc) is 3.32. The number of carbonyl (C=O) groups excluding carboxylic acids is 1. The predicted molar refractivity (Wildman–Crippen MR) is 134 cm³/mol. The van der Waals surface area contributed by atoms with E-state index < -0.39 is 0 Å². The van der Waals surface area contributed by atoms with Gasteiger partial charge in [0.2, 0.25) is 5.91 Å². The van der Waals surface area contributed by atoms with Gasteiger partial charge in [-0.25, -0.2) is 0 Å². The summed E-state index contributed by atoms with van der Waals surface area (Å²) in [6, 6.07) is 12.1. The Morgan fingerprint density at radius 3 is 2.79 bits per heavy atom. The van der Waals surface area contributed by atoms with E-state index in [1.807, 2.05) is 32.0 Å². The van der Waals surface area contributed by atoms with E-state index in [-0.39, 0.29) is 12.0 Å². The van der Waals surface area contributed by atoms with Gasteiger partial charge in [-0.3, -0.25) is 9.69 Å². The molecule has 1 amide bonds. The van der Waals surface area contributed by atoms with E-state index in [1.165, 1.54) is 28.0 Å². The van der Waals surface area contributed by atoms with Crippen LogP contribution in [0.15, 0.2) is 30.3 Å². The number of nitrogens with one attached hydrogen (secondary N) is 1. The summed E-state index contributed by atoms with van der Waals surface area (Å²) in [5, 5.41) is 22.8. The summed E-state index contributed by atoms with van der Waals surface area (Å²) in [6.07, 6.45) is 1.48. The molecular weight excluding hydrogens is 446 g/mol. The van der Waals surface area contributed by atoms with Crippen LogP contribution in [0.3, 0.4) is 0 Å². The molecule has 2 aromatic carbocycles. The van der Waals surface area contributed by atoms with Crippen molar-refractivity contribution in [3.8, 4) is 33.0 Å². The molecule has 1 aromatic heterocycles. The number of carbonyl (C=O) groups is 1. The number of aromatic nitrogens is 2. The minimum Gasteiger partial charge on any atom is -0.490 e. The lowest BCUT2D eigenvalue weighted by Gasteiger charge is -2.30. The molecule has 4 rings (SSSR count). The summed E-state index contributed by atoms with van der Waals surface area (Å²) < 4.78 is 5.73. The number of nitrogens with zero attached hydrogens (tertiary/aromatic N) is 4. The highest BCUT2D eigenvalue weighted by molar-refractivity contribution is 7.17. The van der Waals surface area contributed by atoms with Crippen molar-refractivity contribution >= 4 is 17.2 Å². The quantitative estimate of drug-likeness (QED) is 0.547. The van der Waals surface area contributed by atoms with E-state index in [1.54, 1.807) is 7.05 Å². The molecule has 1 N–H and O–H groups in total. The average molecular weight is 476 g/mol. The van der Waals surface area contributed by atoms with Crippen molar-refractivity contribution in [3.05, 3.63) is 52.6 Å². The lowest BCUT2D eigenvalue weighted by atomic mass is 9.92. The van der Waals surface area contributed by atoms with Crippen molar-refractivity contribution in [2.24, 2.45) is 0 Å². The third-order valence-electron chi connectivity index (χ3n) is 6.07. The first kappa shape index (κ1) is 23.9. The summed E-state index contributed by atoms with van der Waals surface area (Å²) in [5.74, 6) is 0.661. The number of ether oxygens (including phenoxy) is 1. The molecule has 1 aliphatic heterocycles. The Balaban J connectivity index is 1.55. The van der Waals surface area contributed by atoms with E-state index in [0.717, 1.165) is 47.2 Å². The van der Waals surface area contributed by atoms with Gasteiger partial charge in [0.15, 0.2) is 0 Å². The maximum atomic E-state index is 11.6. The van der Waals surface area contributed by atoms with Crippen molar-refractivity contribution in [3.63, 3.8) is 0 Å². The fraction of sp³-hybridized carbons (Fsp3) is 0.385. The monoisotopic (exact) mass is 475 g/mol. The smallest absolute Gasteiger partial charge is 0.221 e. The molecular formula is C26H29N5O2S. The normalized spacial score (nSPS) is 13.4. The van der Waals surface area contributed by atoms with Crippen molar-refractivity contribution in [1.82, 2.24) is 20.4 Å². The van der Waals surface area contributed by atoms with Gasteiger partial charge in [-0.1, -0.05) is 23.5 Å². The molecule has 0 fully saturated rings. The summed E-state index contributed by atoms with van der Waals surface area (Å²) in [5.41, 5.74) is 6.37. The van der Waals surface area contributed by atoms with Gasteiger partial charge >= 0.3 is 0 Å². The lowest BCUT2D eigenvalue weighted by molar-refractivity contribution is -0.121. The number of rotatable bonds is 7. The second kappa shape index (κ2) is 10.3. The molecule has 0 atom stereocenters. The van der Waals surface area contributed by atoms with Crippen LogP contribution in [0.4, 0.5) is 0 Å². The molecule has 2 heterocycles. The highest BCUT2D eigenvalue weighted by Gasteiger charge is 2.21. The molecule has 0 aliphatic carbocycles. The van der Waals surface area contributed by atoms with Crippen molar-refractivity contribution in [1.29, 1.82) is 5.26 Å². The topological polar surface area (TPSA) is 91.1 Å². The van der Waals surface area contributed by atoms with Crippen LogP contribution in [0.1, 0.15) is 42.5 Å². The van der Waals surface area contributed by atoms with Crippen molar-refractivity contribution in [2.75, 3.05) is 20.1 Å². The van der Waals surface area contributed by atoms with Crippen LogP contribution in [0.5, 0.6) is 5.75 Å². The first-order chi connectivity index (χ1) is 16.4. The molecule has 3 aromatic rings. The maximum absolute atomic E-state index is 11.6. The third kappa shape index (κ3) is 5.11. The zero-order valence-electron chi connectivity index (χ0n) is 20.0. The molecule has 0 bridgehead atoms. The Bertz CT molecular complexity index is 1240. The molecule has 0 spiro atoms. The van der Waals surface area contributed by atoms with E-state index in [2.05, 4.69) is 45.5 Å². The Morgan fingerprint density at radius 1 is 1.26 bits per heavy atom. The second-order valence-electron chi connectivity index (χ2n) is 8.73. The van der Waals surface area contributed by atoms with E-state index in [9.17, 15) is 10.1 Å². The fourth-order valence-electron chi connectivity index (χ4n) is 4.26.